The number of nitrogens with zero attached hydrogens (tertiary/aromatic N) is 3. The lowest BCUT2D eigenvalue weighted by Crippen LogP contribution is -2.47. The number of carbonyl (C=O) groups excluding carboxylic acids is 1. The number of aromatic amines is 1. The number of urea groups is 1. The zero-order chi connectivity index (χ0) is 24.5. The Morgan fingerprint density at radius 1 is 1.09 bits per heavy atom. The van der Waals surface area contributed by atoms with Gasteiger partial charge in [0, 0.05) is 24.6 Å². The number of rotatable bonds is 3. The smallest absolute Gasteiger partial charge is 0.411 e. The Kier molecular flexibility index (Phi) is 6.14. The third-order valence-electron chi connectivity index (χ3n) is 6.52. The highest BCUT2D eigenvalue weighted by atomic mass is 19.3. The Bertz CT molecular complexity index is 1260. The lowest BCUT2D eigenvalue weighted by atomic mass is 9.97. The number of aromatic nitrogens is 2. The van der Waals surface area contributed by atoms with E-state index in [1.807, 2.05) is 30.3 Å². The quantitative estimate of drug-likeness (QED) is 0.502. The number of alkyl halides is 2. The van der Waals surface area contributed by atoms with E-state index in [4.69, 9.17) is 9.84 Å². The van der Waals surface area contributed by atoms with E-state index >= 15 is 0 Å². The molecule has 3 aromatic rings. The molecule has 2 aromatic carbocycles. The van der Waals surface area contributed by atoms with Gasteiger partial charge in [0.25, 0.3) is 0 Å². The minimum absolute atomic E-state index is 0.145. The van der Waals surface area contributed by atoms with Crippen molar-refractivity contribution >= 4 is 29.1 Å². The van der Waals surface area contributed by atoms with E-state index in [1.165, 1.54) is 0 Å². The lowest BCUT2D eigenvalue weighted by molar-refractivity contribution is 0.0374. The molecule has 0 saturated carbocycles. The van der Waals surface area contributed by atoms with Crippen LogP contribution in [0.15, 0.2) is 36.4 Å². The van der Waals surface area contributed by atoms with Crippen molar-refractivity contribution in [2.75, 3.05) is 31.6 Å². The second-order valence-electron chi connectivity index (χ2n) is 8.78. The summed E-state index contributed by atoms with van der Waals surface area (Å²) in [4.78, 5) is 34.5. The van der Waals surface area contributed by atoms with E-state index < -0.39 is 18.4 Å². The van der Waals surface area contributed by atoms with Gasteiger partial charge in [-0.05, 0) is 48.2 Å². The van der Waals surface area contributed by atoms with Gasteiger partial charge in [-0.2, -0.15) is 0 Å². The van der Waals surface area contributed by atoms with Crippen molar-refractivity contribution < 1.29 is 28.2 Å². The molecule has 9 nitrogen and oxygen atoms in total. The van der Waals surface area contributed by atoms with Crippen molar-refractivity contribution in [2.45, 2.75) is 25.8 Å². The number of hydrogen-bond donors (Lipinski definition) is 3. The van der Waals surface area contributed by atoms with Crippen molar-refractivity contribution in [3.05, 3.63) is 42.0 Å². The first-order valence-corrected chi connectivity index (χ1v) is 11.4. The predicted octanol–water partition coefficient (Wildman–Crippen LogP) is 4.61. The number of anilines is 1. The number of hydrogen-bond acceptors (Lipinski definition) is 4. The van der Waals surface area contributed by atoms with Crippen LogP contribution in [-0.2, 0) is 6.54 Å². The molecule has 0 atom stereocenters. The SMILES string of the molecule is O=C(O)Nc1nc2ccc(-c3ccc4c(c3)CN(C(=O)N3CCC(C(F)F)CC3)CCO4)cc2[nH]1. The van der Waals surface area contributed by atoms with Crippen molar-refractivity contribution in [3.63, 3.8) is 0 Å². The molecule has 2 aliphatic heterocycles. The molecule has 3 N–H and O–H groups in total. The van der Waals surface area contributed by atoms with E-state index in [1.54, 1.807) is 15.9 Å². The Morgan fingerprint density at radius 2 is 1.83 bits per heavy atom. The number of benzene rings is 2. The van der Waals surface area contributed by atoms with Crippen molar-refractivity contribution in [1.29, 1.82) is 0 Å². The zero-order valence-corrected chi connectivity index (χ0v) is 18.8. The van der Waals surface area contributed by atoms with Crippen molar-refractivity contribution in [2.24, 2.45) is 5.92 Å². The molecule has 11 heteroatoms. The molecule has 0 radical (unpaired) electrons. The largest absolute Gasteiger partial charge is 0.491 e. The van der Waals surface area contributed by atoms with E-state index in [0.717, 1.165) is 16.7 Å². The number of carbonyl (C=O) groups is 2. The average molecular weight is 485 g/mol. The van der Waals surface area contributed by atoms with Crippen LogP contribution in [0.4, 0.5) is 24.3 Å². The first-order valence-electron chi connectivity index (χ1n) is 11.4. The van der Waals surface area contributed by atoms with Gasteiger partial charge in [0.15, 0.2) is 0 Å². The third kappa shape index (κ3) is 4.84. The molecule has 1 fully saturated rings. The van der Waals surface area contributed by atoms with Gasteiger partial charge in [-0.3, -0.25) is 5.32 Å². The van der Waals surface area contributed by atoms with E-state index in [9.17, 15) is 18.4 Å². The fourth-order valence-electron chi connectivity index (χ4n) is 4.63. The minimum Gasteiger partial charge on any atom is -0.491 e. The Hall–Kier alpha value is -3.89. The standard InChI is InChI=1S/C24H25F2N5O4/c25-21(26)14-5-7-30(8-6-14)24(34)31-9-10-35-20-4-2-15(11-17(20)13-31)16-1-3-18-19(12-16)28-22(27-18)29-23(32)33/h1-4,11-12,14,21H,5-10,13H2,(H,32,33)(H2,27,28,29). The molecule has 0 spiro atoms. The highest BCUT2D eigenvalue weighted by Gasteiger charge is 2.31. The van der Waals surface area contributed by atoms with Crippen LogP contribution in [0.2, 0.25) is 0 Å². The first-order chi connectivity index (χ1) is 16.9. The fraction of sp³-hybridized carbons (Fsp3) is 0.375. The summed E-state index contributed by atoms with van der Waals surface area (Å²) in [5.74, 6) is 0.209. The molecule has 1 aromatic heterocycles. The molecule has 184 valence electrons. The van der Waals surface area contributed by atoms with Crippen molar-refractivity contribution in [3.8, 4) is 16.9 Å². The van der Waals surface area contributed by atoms with E-state index in [2.05, 4.69) is 15.3 Å². The lowest BCUT2D eigenvalue weighted by Gasteiger charge is -2.35. The third-order valence-corrected chi connectivity index (χ3v) is 6.52. The molecule has 3 heterocycles. The number of imidazole rings is 1. The summed E-state index contributed by atoms with van der Waals surface area (Å²) in [5.41, 5.74) is 3.96. The molecule has 5 rings (SSSR count). The van der Waals surface area contributed by atoms with Gasteiger partial charge in [-0.15, -0.1) is 0 Å². The number of fused-ring (bicyclic) bond motifs is 2. The average Bonchev–Trinajstić information content (AvgIpc) is 3.11. The normalized spacial score (nSPS) is 16.7. The first kappa shape index (κ1) is 22.9. The van der Waals surface area contributed by atoms with Gasteiger partial charge >= 0.3 is 12.1 Å². The maximum atomic E-state index is 13.1. The maximum Gasteiger partial charge on any atom is 0.411 e. The minimum atomic E-state index is -2.34. The Balaban J connectivity index is 1.34. The van der Waals surface area contributed by atoms with Gasteiger partial charge < -0.3 is 24.6 Å². The Morgan fingerprint density at radius 3 is 2.57 bits per heavy atom. The van der Waals surface area contributed by atoms with Crippen molar-refractivity contribution in [1.82, 2.24) is 19.8 Å². The summed E-state index contributed by atoms with van der Waals surface area (Å²) >= 11 is 0. The fourth-order valence-corrected chi connectivity index (χ4v) is 4.63. The number of nitrogens with one attached hydrogen (secondary N) is 2. The summed E-state index contributed by atoms with van der Waals surface area (Å²) in [5, 5.41) is 11.1. The summed E-state index contributed by atoms with van der Waals surface area (Å²) in [6.45, 7) is 1.79. The highest BCUT2D eigenvalue weighted by molar-refractivity contribution is 5.87. The predicted molar refractivity (Wildman–Crippen MR) is 125 cm³/mol. The van der Waals surface area contributed by atoms with Crippen LogP contribution in [0, 0.1) is 5.92 Å². The summed E-state index contributed by atoms with van der Waals surface area (Å²) in [7, 11) is 0. The van der Waals surface area contributed by atoms with Gasteiger partial charge in [0.1, 0.15) is 12.4 Å². The molecule has 2 aliphatic rings. The van der Waals surface area contributed by atoms with Crippen LogP contribution in [0.25, 0.3) is 22.2 Å². The Labute approximate surface area is 199 Å². The number of carboxylic acid groups (broad SMARTS) is 1. The van der Waals surface area contributed by atoms with E-state index in [0.29, 0.717) is 62.4 Å². The summed E-state index contributed by atoms with van der Waals surface area (Å²) in [6.07, 6.45) is -2.92. The second-order valence-corrected chi connectivity index (χ2v) is 8.78. The van der Waals surface area contributed by atoms with Gasteiger partial charge in [0.05, 0.1) is 24.1 Å². The zero-order valence-electron chi connectivity index (χ0n) is 18.8. The van der Waals surface area contributed by atoms with E-state index in [-0.39, 0.29) is 12.0 Å². The number of amides is 3. The van der Waals surface area contributed by atoms with Gasteiger partial charge in [-0.1, -0.05) is 12.1 Å². The molecular formula is C24H25F2N5O4. The molecule has 35 heavy (non-hydrogen) atoms. The second kappa shape index (κ2) is 9.40. The van der Waals surface area contributed by atoms with Gasteiger partial charge in [-0.25, -0.2) is 23.4 Å². The summed E-state index contributed by atoms with van der Waals surface area (Å²) in [6, 6.07) is 11.2. The number of piperidine rings is 1. The molecule has 0 unspecified atom stereocenters. The number of likely N-dealkylation sites (tertiary alicyclic amines) is 1. The molecular weight excluding hydrogens is 460 g/mol. The molecule has 3 amide bonds. The molecule has 1 saturated heterocycles. The number of H-pyrrole nitrogens is 1. The van der Waals surface area contributed by atoms with Crippen LogP contribution in [0.1, 0.15) is 18.4 Å². The highest BCUT2D eigenvalue weighted by Crippen LogP contribution is 2.32. The topological polar surface area (TPSA) is 111 Å². The van der Waals surface area contributed by atoms with Crippen LogP contribution >= 0.6 is 0 Å². The van der Waals surface area contributed by atoms with Crippen LogP contribution in [-0.4, -0.2) is 69.7 Å². The summed E-state index contributed by atoms with van der Waals surface area (Å²) < 4.78 is 31.8. The van der Waals surface area contributed by atoms with Crippen LogP contribution < -0.4 is 10.1 Å². The molecule has 0 bridgehead atoms. The number of ether oxygens (including phenoxy) is 1. The maximum absolute atomic E-state index is 13.1. The number of halogens is 2. The monoisotopic (exact) mass is 485 g/mol. The van der Waals surface area contributed by atoms with Crippen LogP contribution in [0.3, 0.4) is 0 Å². The molecule has 0 aliphatic carbocycles. The van der Waals surface area contributed by atoms with Gasteiger partial charge in [0.2, 0.25) is 12.4 Å². The van der Waals surface area contributed by atoms with Crippen LogP contribution in [0.5, 0.6) is 5.75 Å².